The highest BCUT2D eigenvalue weighted by Crippen LogP contribution is 2.34. The largest absolute Gasteiger partial charge is 0.416 e. The quantitative estimate of drug-likeness (QED) is 0.877. The van der Waals surface area contributed by atoms with Gasteiger partial charge in [-0.25, -0.2) is 0 Å². The smallest absolute Gasteiger partial charge is 0.370 e. The second-order valence-corrected chi connectivity index (χ2v) is 4.72. The van der Waals surface area contributed by atoms with E-state index in [4.69, 9.17) is 0 Å². The minimum Gasteiger partial charge on any atom is -0.370 e. The molecule has 1 heterocycles. The molecule has 2 rings (SSSR count). The summed E-state index contributed by atoms with van der Waals surface area (Å²) in [6.07, 6.45) is -3.31. The van der Waals surface area contributed by atoms with E-state index in [0.717, 1.165) is 19.5 Å². The molecule has 1 aromatic carbocycles. The van der Waals surface area contributed by atoms with Gasteiger partial charge in [-0.05, 0) is 38.1 Å². The van der Waals surface area contributed by atoms with Gasteiger partial charge in [0.2, 0.25) is 0 Å². The number of hydrogen-bond acceptors (Lipinski definition) is 2. The minimum atomic E-state index is -4.28. The number of nitrogens with one attached hydrogen (secondary N) is 1. The van der Waals surface area contributed by atoms with E-state index >= 15 is 0 Å². The lowest BCUT2D eigenvalue weighted by Gasteiger charge is -2.21. The molecule has 0 aliphatic carbocycles. The minimum absolute atomic E-state index is 0.274. The van der Waals surface area contributed by atoms with Gasteiger partial charge in [-0.1, -0.05) is 6.07 Å². The molecule has 0 saturated carbocycles. The Morgan fingerprint density at radius 1 is 1.33 bits per heavy atom. The average Bonchev–Trinajstić information content (AvgIpc) is 2.76. The summed E-state index contributed by atoms with van der Waals surface area (Å²) in [6.45, 7) is 3.05. The first-order valence-corrected chi connectivity index (χ1v) is 6.02. The van der Waals surface area contributed by atoms with Gasteiger partial charge in [0.1, 0.15) is 0 Å². The second-order valence-electron chi connectivity index (χ2n) is 4.72. The van der Waals surface area contributed by atoms with Crippen LogP contribution in [0.1, 0.15) is 17.5 Å². The zero-order valence-electron chi connectivity index (χ0n) is 10.5. The lowest BCUT2D eigenvalue weighted by atomic mass is 10.1. The Morgan fingerprint density at radius 3 is 2.61 bits per heavy atom. The second kappa shape index (κ2) is 4.80. The summed E-state index contributed by atoms with van der Waals surface area (Å²) in [5.74, 6) is 0. The van der Waals surface area contributed by atoms with Crippen molar-refractivity contribution in [3.05, 3.63) is 29.3 Å². The summed E-state index contributed by atoms with van der Waals surface area (Å²) in [5, 5.41) is 3.16. The van der Waals surface area contributed by atoms with Crippen LogP contribution in [0.25, 0.3) is 0 Å². The predicted molar refractivity (Wildman–Crippen MR) is 65.9 cm³/mol. The Balaban J connectivity index is 2.25. The normalized spacial score (nSPS) is 20.5. The van der Waals surface area contributed by atoms with E-state index in [9.17, 15) is 13.2 Å². The van der Waals surface area contributed by atoms with Crippen LogP contribution < -0.4 is 10.2 Å². The summed E-state index contributed by atoms with van der Waals surface area (Å²) in [6, 6.07) is 4.93. The van der Waals surface area contributed by atoms with Crippen LogP contribution in [-0.4, -0.2) is 26.2 Å². The molecule has 100 valence electrons. The van der Waals surface area contributed by atoms with Gasteiger partial charge in [0.25, 0.3) is 0 Å². The van der Waals surface area contributed by atoms with Gasteiger partial charge in [0.15, 0.2) is 0 Å². The summed E-state index contributed by atoms with van der Waals surface area (Å²) < 4.78 is 38.5. The molecule has 1 aromatic rings. The third-order valence-electron chi connectivity index (χ3n) is 3.49. The van der Waals surface area contributed by atoms with E-state index < -0.39 is 11.7 Å². The molecule has 1 aliphatic rings. The third-order valence-corrected chi connectivity index (χ3v) is 3.49. The number of anilines is 1. The van der Waals surface area contributed by atoms with Crippen LogP contribution >= 0.6 is 0 Å². The van der Waals surface area contributed by atoms with Crippen molar-refractivity contribution in [2.24, 2.45) is 0 Å². The van der Waals surface area contributed by atoms with E-state index in [0.29, 0.717) is 11.7 Å². The van der Waals surface area contributed by atoms with Crippen LogP contribution in [0.5, 0.6) is 0 Å². The Kier molecular flexibility index (Phi) is 3.52. The number of rotatable bonds is 2. The van der Waals surface area contributed by atoms with Gasteiger partial charge in [-0.2, -0.15) is 13.2 Å². The van der Waals surface area contributed by atoms with Crippen LogP contribution in [0, 0.1) is 6.92 Å². The van der Waals surface area contributed by atoms with Gasteiger partial charge in [-0.3, -0.25) is 0 Å². The van der Waals surface area contributed by atoms with Gasteiger partial charge in [0.05, 0.1) is 5.56 Å². The van der Waals surface area contributed by atoms with E-state index in [1.54, 1.807) is 12.1 Å². The average molecular weight is 258 g/mol. The predicted octanol–water partition coefficient (Wildman–Crippen LogP) is 2.81. The van der Waals surface area contributed by atoms with Crippen molar-refractivity contribution in [2.45, 2.75) is 25.6 Å². The monoisotopic (exact) mass is 258 g/mol. The molecule has 0 amide bonds. The maximum absolute atomic E-state index is 12.8. The van der Waals surface area contributed by atoms with E-state index in [2.05, 4.69) is 5.32 Å². The van der Waals surface area contributed by atoms with Gasteiger partial charge in [-0.15, -0.1) is 0 Å². The number of alkyl halides is 3. The lowest BCUT2D eigenvalue weighted by Crippen LogP contribution is -2.29. The molecule has 1 unspecified atom stereocenters. The first-order valence-electron chi connectivity index (χ1n) is 6.02. The fourth-order valence-corrected chi connectivity index (χ4v) is 2.34. The highest BCUT2D eigenvalue weighted by Gasteiger charge is 2.33. The molecule has 1 N–H and O–H groups in total. The highest BCUT2D eigenvalue weighted by atomic mass is 19.4. The molecule has 0 aromatic heterocycles. The van der Waals surface area contributed by atoms with E-state index in [1.807, 2.05) is 11.9 Å². The zero-order valence-corrected chi connectivity index (χ0v) is 10.5. The number of hydrogen-bond donors (Lipinski definition) is 1. The molecule has 18 heavy (non-hydrogen) atoms. The van der Waals surface area contributed by atoms with E-state index in [-0.39, 0.29) is 5.56 Å². The number of likely N-dealkylation sites (N-methyl/N-ethyl adjacent to an activating group) is 1. The molecule has 5 heteroatoms. The van der Waals surface area contributed by atoms with Crippen molar-refractivity contribution in [3.8, 4) is 0 Å². The maximum Gasteiger partial charge on any atom is 0.416 e. The van der Waals surface area contributed by atoms with Crippen LogP contribution in [0.4, 0.5) is 18.9 Å². The Labute approximate surface area is 105 Å². The first kappa shape index (κ1) is 13.2. The van der Waals surface area contributed by atoms with Crippen LogP contribution in [0.2, 0.25) is 0 Å². The van der Waals surface area contributed by atoms with Crippen molar-refractivity contribution in [2.75, 3.05) is 25.0 Å². The molecule has 1 fully saturated rings. The fraction of sp³-hybridized carbons (Fsp3) is 0.538. The molecule has 0 radical (unpaired) electrons. The number of nitrogens with zero attached hydrogens (tertiary/aromatic N) is 1. The SMILES string of the molecule is CNC1CCN(c2ccc(C)c(C(F)(F)F)c2)C1. The first-order chi connectivity index (χ1) is 8.41. The molecule has 0 spiro atoms. The number of halogens is 3. The summed E-state index contributed by atoms with van der Waals surface area (Å²) in [7, 11) is 1.88. The Hall–Kier alpha value is -1.23. The van der Waals surface area contributed by atoms with Gasteiger partial charge in [0, 0.05) is 24.8 Å². The third kappa shape index (κ3) is 2.61. The topological polar surface area (TPSA) is 15.3 Å². The summed E-state index contributed by atoms with van der Waals surface area (Å²) >= 11 is 0. The van der Waals surface area contributed by atoms with Crippen molar-refractivity contribution >= 4 is 5.69 Å². The number of aryl methyl sites for hydroxylation is 1. The Morgan fingerprint density at radius 2 is 2.06 bits per heavy atom. The summed E-state index contributed by atoms with van der Waals surface area (Å²) in [4.78, 5) is 2.00. The maximum atomic E-state index is 12.8. The lowest BCUT2D eigenvalue weighted by molar-refractivity contribution is -0.138. The van der Waals surface area contributed by atoms with Crippen molar-refractivity contribution in [1.29, 1.82) is 0 Å². The fourth-order valence-electron chi connectivity index (χ4n) is 2.34. The van der Waals surface area contributed by atoms with Gasteiger partial charge >= 0.3 is 6.18 Å². The molecular formula is C13H17F3N2. The van der Waals surface area contributed by atoms with Crippen molar-refractivity contribution in [3.63, 3.8) is 0 Å². The molecule has 1 saturated heterocycles. The molecule has 2 nitrogen and oxygen atoms in total. The van der Waals surface area contributed by atoms with Crippen molar-refractivity contribution < 1.29 is 13.2 Å². The molecule has 1 atom stereocenters. The Bertz CT molecular complexity index is 429. The standard InChI is InChI=1S/C13H17F3N2/c1-9-3-4-11(7-12(9)13(14,15)16)18-6-5-10(8-18)17-2/h3-4,7,10,17H,5-6,8H2,1-2H3. The number of benzene rings is 1. The zero-order chi connectivity index (χ0) is 13.3. The molecule has 0 bridgehead atoms. The molecule has 1 aliphatic heterocycles. The molecular weight excluding hydrogens is 241 g/mol. The van der Waals surface area contributed by atoms with Crippen LogP contribution in [0.15, 0.2) is 18.2 Å². The van der Waals surface area contributed by atoms with E-state index in [1.165, 1.54) is 13.0 Å². The van der Waals surface area contributed by atoms with Gasteiger partial charge < -0.3 is 10.2 Å². The van der Waals surface area contributed by atoms with Crippen molar-refractivity contribution in [1.82, 2.24) is 5.32 Å². The van der Waals surface area contributed by atoms with Crippen LogP contribution in [-0.2, 0) is 6.18 Å². The highest BCUT2D eigenvalue weighted by molar-refractivity contribution is 5.52. The van der Waals surface area contributed by atoms with Crippen LogP contribution in [0.3, 0.4) is 0 Å². The summed E-state index contributed by atoms with van der Waals surface area (Å²) in [5.41, 5.74) is 0.397.